The normalized spacial score (nSPS) is 11.2. The molecule has 0 N–H and O–H groups in total. The van der Waals surface area contributed by atoms with Gasteiger partial charge in [0.1, 0.15) is 0 Å². The fourth-order valence-corrected chi connectivity index (χ4v) is 2.29. The molecule has 86 valence electrons. The average molecular weight is 329 g/mol. The zero-order valence-corrected chi connectivity index (χ0v) is 12.1. The Kier molecular flexibility index (Phi) is 3.47. The van der Waals surface area contributed by atoms with Gasteiger partial charge in [-0.15, -0.1) is 0 Å². The van der Waals surface area contributed by atoms with E-state index in [4.69, 9.17) is 0 Å². The fourth-order valence-electron chi connectivity index (χ4n) is 1.83. The molecule has 3 nitrogen and oxygen atoms in total. The third-order valence-electron chi connectivity index (χ3n) is 2.68. The zero-order valence-electron chi connectivity index (χ0n) is 9.92. The molecule has 0 amide bonds. The molecule has 0 fully saturated rings. The lowest BCUT2D eigenvalue weighted by Gasteiger charge is -2.05. The summed E-state index contributed by atoms with van der Waals surface area (Å²) < 4.78 is 3.17. The number of aryl methyl sites for hydroxylation is 3. The van der Waals surface area contributed by atoms with E-state index in [1.165, 1.54) is 22.1 Å². The van der Waals surface area contributed by atoms with Crippen LogP contribution in [-0.2, 0) is 6.42 Å². The molecule has 0 aromatic carbocycles. The third-order valence-corrected chi connectivity index (χ3v) is 3.94. The molecule has 4 heteroatoms. The number of unbranched alkanes of at least 4 members (excludes halogenated alkanes) is 1. The summed E-state index contributed by atoms with van der Waals surface area (Å²) in [5.74, 6) is 0. The van der Waals surface area contributed by atoms with E-state index >= 15 is 0 Å². The number of hydrogen-bond donors (Lipinski definition) is 0. The summed E-state index contributed by atoms with van der Waals surface area (Å²) in [4.78, 5) is 4.56. The van der Waals surface area contributed by atoms with Crippen LogP contribution < -0.4 is 0 Å². The number of aromatic nitrogens is 3. The Balaban J connectivity index is 2.58. The summed E-state index contributed by atoms with van der Waals surface area (Å²) >= 11 is 2.32. The number of fused-ring (bicyclic) bond motifs is 1. The highest BCUT2D eigenvalue weighted by atomic mass is 127. The molecular formula is C12H16IN3. The van der Waals surface area contributed by atoms with Crippen LogP contribution in [0.3, 0.4) is 0 Å². The molecular weight excluding hydrogens is 313 g/mol. The Morgan fingerprint density at radius 1 is 1.38 bits per heavy atom. The Labute approximate surface area is 109 Å². The SMILES string of the molecule is CCCCc1cc(C)nc2c(I)c(C)nn12. The van der Waals surface area contributed by atoms with Crippen LogP contribution in [0.2, 0.25) is 0 Å². The maximum absolute atomic E-state index is 4.56. The van der Waals surface area contributed by atoms with Gasteiger partial charge in [-0.1, -0.05) is 13.3 Å². The van der Waals surface area contributed by atoms with Crippen LogP contribution in [0.5, 0.6) is 0 Å². The topological polar surface area (TPSA) is 30.2 Å². The van der Waals surface area contributed by atoms with Crippen LogP contribution in [0.25, 0.3) is 5.65 Å². The smallest absolute Gasteiger partial charge is 0.169 e. The summed E-state index contributed by atoms with van der Waals surface area (Å²) in [5, 5.41) is 4.55. The van der Waals surface area contributed by atoms with Crippen LogP contribution in [0.1, 0.15) is 36.8 Å². The quantitative estimate of drug-likeness (QED) is 0.809. The van der Waals surface area contributed by atoms with Crippen molar-refractivity contribution in [2.75, 3.05) is 0 Å². The van der Waals surface area contributed by atoms with Crippen LogP contribution in [-0.4, -0.2) is 14.6 Å². The van der Waals surface area contributed by atoms with E-state index in [1.807, 2.05) is 18.4 Å². The highest BCUT2D eigenvalue weighted by Crippen LogP contribution is 2.18. The Hall–Kier alpha value is -0.650. The van der Waals surface area contributed by atoms with Gasteiger partial charge in [0.2, 0.25) is 0 Å². The minimum Gasteiger partial charge on any atom is -0.233 e. The summed E-state index contributed by atoms with van der Waals surface area (Å²) in [6.45, 7) is 6.30. The van der Waals surface area contributed by atoms with Gasteiger partial charge in [0.15, 0.2) is 5.65 Å². The minimum absolute atomic E-state index is 1.00. The highest BCUT2D eigenvalue weighted by Gasteiger charge is 2.11. The van der Waals surface area contributed by atoms with Gasteiger partial charge >= 0.3 is 0 Å². The molecule has 0 radical (unpaired) electrons. The molecule has 0 aliphatic rings. The van der Waals surface area contributed by atoms with Gasteiger partial charge in [-0.05, 0) is 55.3 Å². The molecule has 2 aromatic heterocycles. The zero-order chi connectivity index (χ0) is 11.7. The van der Waals surface area contributed by atoms with Crippen molar-refractivity contribution in [2.24, 2.45) is 0 Å². The maximum Gasteiger partial charge on any atom is 0.169 e. The summed E-state index contributed by atoms with van der Waals surface area (Å²) in [7, 11) is 0. The van der Waals surface area contributed by atoms with E-state index in [0.717, 1.165) is 23.5 Å². The Bertz CT molecular complexity index is 516. The largest absolute Gasteiger partial charge is 0.233 e. The van der Waals surface area contributed by atoms with Crippen molar-refractivity contribution in [3.63, 3.8) is 0 Å². The van der Waals surface area contributed by atoms with Gasteiger partial charge in [0.05, 0.1) is 9.26 Å². The first-order valence-electron chi connectivity index (χ1n) is 5.65. The van der Waals surface area contributed by atoms with E-state index in [2.05, 4.69) is 45.7 Å². The second kappa shape index (κ2) is 4.69. The number of rotatable bonds is 3. The molecule has 2 heterocycles. The van der Waals surface area contributed by atoms with Gasteiger partial charge in [0, 0.05) is 11.4 Å². The van der Waals surface area contributed by atoms with Gasteiger partial charge in [-0.25, -0.2) is 9.50 Å². The van der Waals surface area contributed by atoms with Crippen molar-refractivity contribution < 1.29 is 0 Å². The van der Waals surface area contributed by atoms with Crippen molar-refractivity contribution in [1.29, 1.82) is 0 Å². The molecule has 0 spiro atoms. The van der Waals surface area contributed by atoms with Gasteiger partial charge < -0.3 is 0 Å². The van der Waals surface area contributed by atoms with E-state index < -0.39 is 0 Å². The van der Waals surface area contributed by atoms with Crippen molar-refractivity contribution in [2.45, 2.75) is 40.0 Å². The van der Waals surface area contributed by atoms with Gasteiger partial charge in [-0.3, -0.25) is 0 Å². The van der Waals surface area contributed by atoms with Crippen molar-refractivity contribution in [3.05, 3.63) is 26.7 Å². The van der Waals surface area contributed by atoms with E-state index in [0.29, 0.717) is 0 Å². The molecule has 0 saturated carbocycles. The second-order valence-corrected chi connectivity index (χ2v) is 5.21. The van der Waals surface area contributed by atoms with Crippen LogP contribution in [0, 0.1) is 17.4 Å². The van der Waals surface area contributed by atoms with E-state index in [-0.39, 0.29) is 0 Å². The van der Waals surface area contributed by atoms with Crippen LogP contribution in [0.4, 0.5) is 0 Å². The van der Waals surface area contributed by atoms with Crippen molar-refractivity contribution in [3.8, 4) is 0 Å². The van der Waals surface area contributed by atoms with Crippen LogP contribution >= 0.6 is 22.6 Å². The number of nitrogens with zero attached hydrogens (tertiary/aromatic N) is 3. The minimum atomic E-state index is 1.00. The molecule has 0 aliphatic carbocycles. The standard InChI is InChI=1S/C12H16IN3/c1-4-5-6-10-7-8(2)14-12-11(13)9(3)15-16(10)12/h7H,4-6H2,1-3H3. The van der Waals surface area contributed by atoms with Gasteiger partial charge in [0.25, 0.3) is 0 Å². The van der Waals surface area contributed by atoms with Crippen molar-refractivity contribution in [1.82, 2.24) is 14.6 Å². The summed E-state index contributed by atoms with van der Waals surface area (Å²) in [5.41, 5.74) is 4.42. The lowest BCUT2D eigenvalue weighted by Crippen LogP contribution is -2.02. The Morgan fingerprint density at radius 2 is 2.12 bits per heavy atom. The molecule has 2 aromatic rings. The third kappa shape index (κ3) is 2.07. The predicted molar refractivity (Wildman–Crippen MR) is 73.8 cm³/mol. The monoisotopic (exact) mass is 329 g/mol. The molecule has 0 unspecified atom stereocenters. The van der Waals surface area contributed by atoms with E-state index in [1.54, 1.807) is 0 Å². The average Bonchev–Trinajstić information content (AvgIpc) is 2.53. The lowest BCUT2D eigenvalue weighted by atomic mass is 10.2. The number of halogens is 1. The first kappa shape index (κ1) is 11.8. The maximum atomic E-state index is 4.56. The summed E-state index contributed by atoms with van der Waals surface area (Å²) in [6.07, 6.45) is 3.49. The van der Waals surface area contributed by atoms with Crippen LogP contribution in [0.15, 0.2) is 6.07 Å². The molecule has 2 rings (SSSR count). The molecule has 0 saturated heterocycles. The molecule has 16 heavy (non-hydrogen) atoms. The Morgan fingerprint density at radius 3 is 2.81 bits per heavy atom. The number of hydrogen-bond acceptors (Lipinski definition) is 2. The molecule has 0 atom stereocenters. The summed E-state index contributed by atoms with van der Waals surface area (Å²) in [6, 6.07) is 2.14. The predicted octanol–water partition coefficient (Wildman–Crippen LogP) is 3.29. The fraction of sp³-hybridized carbons (Fsp3) is 0.500. The first-order chi connectivity index (χ1) is 7.63. The van der Waals surface area contributed by atoms with Gasteiger partial charge in [-0.2, -0.15) is 5.10 Å². The molecule has 0 aliphatic heterocycles. The molecule has 0 bridgehead atoms. The van der Waals surface area contributed by atoms with Crippen molar-refractivity contribution >= 4 is 28.2 Å². The van der Waals surface area contributed by atoms with E-state index in [9.17, 15) is 0 Å². The lowest BCUT2D eigenvalue weighted by molar-refractivity contribution is 0.733. The first-order valence-corrected chi connectivity index (χ1v) is 6.72. The highest BCUT2D eigenvalue weighted by molar-refractivity contribution is 14.1. The second-order valence-electron chi connectivity index (χ2n) is 4.13.